The van der Waals surface area contributed by atoms with E-state index < -0.39 is 15.8 Å². The van der Waals surface area contributed by atoms with Crippen molar-refractivity contribution in [2.75, 3.05) is 6.26 Å². The number of fused-ring (bicyclic) bond motifs is 2. The summed E-state index contributed by atoms with van der Waals surface area (Å²) in [6.07, 6.45) is 5.63. The van der Waals surface area contributed by atoms with Crippen LogP contribution < -0.4 is 0 Å². The first-order valence-corrected chi connectivity index (χ1v) is 9.57. The maximum absolute atomic E-state index is 13.8. The number of piperidine rings is 1. The van der Waals surface area contributed by atoms with Crippen molar-refractivity contribution in [3.8, 4) is 0 Å². The number of hydrogen-bond donors (Lipinski definition) is 0. The van der Waals surface area contributed by atoms with Gasteiger partial charge in [-0.3, -0.25) is 0 Å². The van der Waals surface area contributed by atoms with E-state index in [1.54, 1.807) is 10.4 Å². The largest absolute Gasteiger partial charge is 0.246 e. The van der Waals surface area contributed by atoms with Crippen molar-refractivity contribution in [2.45, 2.75) is 47.9 Å². The van der Waals surface area contributed by atoms with Gasteiger partial charge in [0, 0.05) is 17.3 Å². The molecule has 2 saturated heterocycles. The Kier molecular flexibility index (Phi) is 3.81. The Labute approximate surface area is 123 Å². The molecular formula is C14H18FNO2S2. The van der Waals surface area contributed by atoms with Gasteiger partial charge >= 0.3 is 0 Å². The molecule has 0 spiro atoms. The topological polar surface area (TPSA) is 37.4 Å². The van der Waals surface area contributed by atoms with Crippen molar-refractivity contribution in [1.29, 1.82) is 0 Å². The molecule has 2 aliphatic heterocycles. The zero-order valence-corrected chi connectivity index (χ0v) is 13.0. The number of sulfonamides is 1. The molecule has 2 unspecified atom stereocenters. The van der Waals surface area contributed by atoms with Gasteiger partial charge in [-0.2, -0.15) is 16.1 Å². The fourth-order valence-electron chi connectivity index (χ4n) is 3.44. The zero-order valence-electron chi connectivity index (χ0n) is 11.3. The first kappa shape index (κ1) is 14.4. The van der Waals surface area contributed by atoms with E-state index in [9.17, 15) is 12.8 Å². The van der Waals surface area contributed by atoms with Gasteiger partial charge in [0.05, 0.1) is 0 Å². The monoisotopic (exact) mass is 315 g/mol. The number of benzene rings is 1. The maximum atomic E-state index is 13.8. The van der Waals surface area contributed by atoms with E-state index in [2.05, 4.69) is 6.26 Å². The third-order valence-corrected chi connectivity index (χ3v) is 7.44. The summed E-state index contributed by atoms with van der Waals surface area (Å²) < 4.78 is 40.9. The third kappa shape index (κ3) is 2.27. The smallest absolute Gasteiger partial charge is 0.207 e. The van der Waals surface area contributed by atoms with Crippen molar-refractivity contribution in [3.63, 3.8) is 0 Å². The minimum Gasteiger partial charge on any atom is -0.207 e. The van der Waals surface area contributed by atoms with Crippen LogP contribution in [-0.2, 0) is 10.0 Å². The number of halogens is 1. The van der Waals surface area contributed by atoms with Crippen molar-refractivity contribution in [2.24, 2.45) is 0 Å². The molecular weight excluding hydrogens is 297 g/mol. The fraction of sp³-hybridized carbons (Fsp3) is 0.571. The van der Waals surface area contributed by atoms with E-state index >= 15 is 0 Å². The quantitative estimate of drug-likeness (QED) is 0.861. The summed E-state index contributed by atoms with van der Waals surface area (Å²) in [5.41, 5.74) is 0. The Morgan fingerprint density at radius 3 is 2.35 bits per heavy atom. The summed E-state index contributed by atoms with van der Waals surface area (Å²) in [6, 6.07) is 5.75. The average Bonchev–Trinajstić information content (AvgIpc) is 2.71. The summed E-state index contributed by atoms with van der Waals surface area (Å²) in [5.74, 6) is -0.654. The average molecular weight is 315 g/mol. The summed E-state index contributed by atoms with van der Waals surface area (Å²) in [5, 5.41) is 0.527. The molecule has 0 saturated carbocycles. The lowest BCUT2D eigenvalue weighted by Crippen LogP contribution is -2.47. The van der Waals surface area contributed by atoms with Crippen LogP contribution in [0, 0.1) is 5.82 Å². The first-order valence-electron chi connectivity index (χ1n) is 6.85. The zero-order chi connectivity index (χ0) is 14.3. The van der Waals surface area contributed by atoms with Crippen molar-refractivity contribution < 1.29 is 12.8 Å². The molecule has 0 N–H and O–H groups in total. The standard InChI is InChI=1S/C14H18FNO2S2/c1-19-12-8-10-6-7-11(9-12)16(10)20(17,18)14-5-3-2-4-13(14)15/h2-5,10-12H,6-9H2,1H3. The van der Waals surface area contributed by atoms with Gasteiger partial charge in [-0.15, -0.1) is 0 Å². The Hall–Kier alpha value is -0.590. The van der Waals surface area contributed by atoms with Crippen LogP contribution in [0.4, 0.5) is 4.39 Å². The van der Waals surface area contributed by atoms with Crippen LogP contribution in [0.15, 0.2) is 29.2 Å². The van der Waals surface area contributed by atoms with Crippen LogP contribution in [0.2, 0.25) is 0 Å². The lowest BCUT2D eigenvalue weighted by atomic mass is 10.1. The van der Waals surface area contributed by atoms with Crippen molar-refractivity contribution >= 4 is 21.8 Å². The molecule has 2 fully saturated rings. The first-order chi connectivity index (χ1) is 9.54. The Morgan fingerprint density at radius 1 is 1.20 bits per heavy atom. The van der Waals surface area contributed by atoms with Gasteiger partial charge in [0.15, 0.2) is 0 Å². The van der Waals surface area contributed by atoms with Gasteiger partial charge in [-0.25, -0.2) is 12.8 Å². The molecule has 1 aromatic carbocycles. The molecule has 110 valence electrons. The van der Waals surface area contributed by atoms with Gasteiger partial charge in [0.25, 0.3) is 0 Å². The molecule has 2 bridgehead atoms. The highest BCUT2D eigenvalue weighted by Crippen LogP contribution is 2.42. The molecule has 2 heterocycles. The normalized spacial score (nSPS) is 30.6. The molecule has 0 aliphatic carbocycles. The minimum atomic E-state index is -3.71. The van der Waals surface area contributed by atoms with E-state index in [0.29, 0.717) is 5.25 Å². The molecule has 3 rings (SSSR count). The molecule has 0 radical (unpaired) electrons. The SMILES string of the molecule is CSC1CC2CCC(C1)N2S(=O)(=O)c1ccccc1F. The van der Waals surface area contributed by atoms with Crippen molar-refractivity contribution in [3.05, 3.63) is 30.1 Å². The number of thioether (sulfide) groups is 1. The summed E-state index contributed by atoms with van der Waals surface area (Å²) in [7, 11) is -3.71. The van der Waals surface area contributed by atoms with Crippen LogP contribution in [-0.4, -0.2) is 36.3 Å². The molecule has 20 heavy (non-hydrogen) atoms. The molecule has 2 atom stereocenters. The molecule has 3 nitrogen and oxygen atoms in total. The van der Waals surface area contributed by atoms with Crippen molar-refractivity contribution in [1.82, 2.24) is 4.31 Å². The number of rotatable bonds is 3. The highest BCUT2D eigenvalue weighted by Gasteiger charge is 2.47. The van der Waals surface area contributed by atoms with Gasteiger partial charge in [-0.05, 0) is 44.1 Å². The highest BCUT2D eigenvalue weighted by atomic mass is 32.2. The van der Waals surface area contributed by atoms with E-state index in [1.165, 1.54) is 18.2 Å². The van der Waals surface area contributed by atoms with Gasteiger partial charge < -0.3 is 0 Å². The maximum Gasteiger partial charge on any atom is 0.246 e. The number of nitrogens with zero attached hydrogens (tertiary/aromatic N) is 1. The van der Waals surface area contributed by atoms with E-state index in [-0.39, 0.29) is 17.0 Å². The molecule has 0 amide bonds. The second-order valence-electron chi connectivity index (χ2n) is 5.48. The summed E-state index contributed by atoms with van der Waals surface area (Å²) >= 11 is 1.81. The molecule has 1 aromatic rings. The van der Waals surface area contributed by atoms with Crippen LogP contribution >= 0.6 is 11.8 Å². The van der Waals surface area contributed by atoms with Gasteiger partial charge in [-0.1, -0.05) is 12.1 Å². The van der Waals surface area contributed by atoms with Gasteiger partial charge in [0.1, 0.15) is 10.7 Å². The highest BCUT2D eigenvalue weighted by molar-refractivity contribution is 7.99. The van der Waals surface area contributed by atoms with E-state index in [0.717, 1.165) is 25.7 Å². The lowest BCUT2D eigenvalue weighted by Gasteiger charge is -2.37. The summed E-state index contributed by atoms with van der Waals surface area (Å²) in [4.78, 5) is -0.181. The Morgan fingerprint density at radius 2 is 1.80 bits per heavy atom. The Balaban J connectivity index is 1.96. The fourth-order valence-corrected chi connectivity index (χ4v) is 6.23. The van der Waals surface area contributed by atoms with Crippen LogP contribution in [0.3, 0.4) is 0 Å². The lowest BCUT2D eigenvalue weighted by molar-refractivity contribution is 0.252. The van der Waals surface area contributed by atoms with E-state index in [1.807, 2.05) is 11.8 Å². The molecule has 0 aromatic heterocycles. The second-order valence-corrected chi connectivity index (χ2v) is 8.43. The Bertz CT molecular complexity index is 591. The van der Waals surface area contributed by atoms with E-state index in [4.69, 9.17) is 0 Å². The van der Waals surface area contributed by atoms with Crippen LogP contribution in [0.5, 0.6) is 0 Å². The van der Waals surface area contributed by atoms with Gasteiger partial charge in [0.2, 0.25) is 10.0 Å². The minimum absolute atomic E-state index is 0.0378. The van der Waals surface area contributed by atoms with Crippen LogP contribution in [0.25, 0.3) is 0 Å². The third-order valence-electron chi connectivity index (χ3n) is 4.35. The predicted octanol–water partition coefficient (Wildman–Crippen LogP) is 2.87. The number of hydrogen-bond acceptors (Lipinski definition) is 3. The predicted molar refractivity (Wildman–Crippen MR) is 78.8 cm³/mol. The molecule has 2 aliphatic rings. The summed E-state index contributed by atoms with van der Waals surface area (Å²) in [6.45, 7) is 0. The second kappa shape index (κ2) is 5.31. The van der Waals surface area contributed by atoms with Crippen LogP contribution in [0.1, 0.15) is 25.7 Å². The molecule has 6 heteroatoms.